The highest BCUT2D eigenvalue weighted by Gasteiger charge is 2.52. The van der Waals surface area contributed by atoms with Gasteiger partial charge in [0.15, 0.2) is 0 Å². The molecule has 3 aromatic carbocycles. The molecule has 2 aromatic heterocycles. The summed E-state index contributed by atoms with van der Waals surface area (Å²) in [5.74, 6) is -2.46. The Labute approximate surface area is 312 Å². The van der Waals surface area contributed by atoms with Gasteiger partial charge in [-0.1, -0.05) is 44.2 Å². The van der Waals surface area contributed by atoms with Crippen LogP contribution in [-0.2, 0) is 15.5 Å². The molecule has 2 saturated heterocycles. The van der Waals surface area contributed by atoms with Gasteiger partial charge in [0.25, 0.3) is 5.92 Å². The second kappa shape index (κ2) is 12.0. The van der Waals surface area contributed by atoms with Crippen molar-refractivity contribution in [3.8, 4) is 33.5 Å². The second-order valence-corrected chi connectivity index (χ2v) is 16.7. The predicted octanol–water partition coefficient (Wildman–Crippen LogP) is 8.59. The minimum Gasteiger partial charge on any atom is -0.453 e. The molecule has 0 radical (unpaired) electrons. The topological polar surface area (TPSA) is 115 Å². The number of halogens is 2. The van der Waals surface area contributed by atoms with Crippen molar-refractivity contribution in [2.75, 3.05) is 13.7 Å². The number of nitrogens with zero attached hydrogens (tertiary/aromatic N) is 2. The number of H-pyrrole nitrogens is 2. The molecule has 9 nitrogen and oxygen atoms in total. The van der Waals surface area contributed by atoms with E-state index in [9.17, 15) is 9.59 Å². The van der Waals surface area contributed by atoms with Crippen molar-refractivity contribution in [2.45, 2.75) is 82.5 Å². The molecule has 3 aliphatic carbocycles. The summed E-state index contributed by atoms with van der Waals surface area (Å²) in [7, 11) is 1.29. The average molecular weight is 731 g/mol. The first kappa shape index (κ1) is 33.5. The van der Waals surface area contributed by atoms with E-state index in [-0.39, 0.29) is 47.0 Å². The van der Waals surface area contributed by atoms with E-state index in [1.165, 1.54) is 20.0 Å². The molecule has 5 atom stereocenters. The Morgan fingerprint density at radius 1 is 0.926 bits per heavy atom. The van der Waals surface area contributed by atoms with E-state index < -0.39 is 18.1 Å². The van der Waals surface area contributed by atoms with Crippen molar-refractivity contribution in [3.05, 3.63) is 89.4 Å². The average Bonchev–Trinajstić information content (AvgIpc) is 3.83. The lowest BCUT2D eigenvalue weighted by atomic mass is 9.95. The number of rotatable bonds is 7. The van der Waals surface area contributed by atoms with Gasteiger partial charge in [-0.3, -0.25) is 4.79 Å². The van der Waals surface area contributed by atoms with E-state index in [4.69, 9.17) is 9.72 Å². The van der Waals surface area contributed by atoms with Gasteiger partial charge in [0.05, 0.1) is 24.2 Å². The number of hydrogen-bond donors (Lipinski definition) is 4. The number of hydrogen-bond acceptors (Lipinski definition) is 5. The fourth-order valence-electron chi connectivity index (χ4n) is 9.91. The van der Waals surface area contributed by atoms with Crippen molar-refractivity contribution in [3.63, 3.8) is 0 Å². The first-order valence-electron chi connectivity index (χ1n) is 19.3. The van der Waals surface area contributed by atoms with Crippen LogP contribution in [-0.4, -0.2) is 57.6 Å². The lowest BCUT2D eigenvalue weighted by Crippen LogP contribution is -2.54. The maximum Gasteiger partial charge on any atom is 0.407 e. The lowest BCUT2D eigenvalue weighted by Gasteiger charge is -2.37. The molecular weight excluding hydrogens is 687 g/mol. The van der Waals surface area contributed by atoms with Gasteiger partial charge in [-0.15, -0.1) is 0 Å². The number of alkyl halides is 2. The largest absolute Gasteiger partial charge is 0.453 e. The summed E-state index contributed by atoms with van der Waals surface area (Å²) in [6, 6.07) is 20.0. The Morgan fingerprint density at radius 3 is 2.37 bits per heavy atom. The van der Waals surface area contributed by atoms with Crippen LogP contribution in [0.25, 0.3) is 44.5 Å². The van der Waals surface area contributed by atoms with Gasteiger partial charge in [-0.25, -0.2) is 9.78 Å². The van der Waals surface area contributed by atoms with Crippen LogP contribution >= 0.6 is 0 Å². The molecule has 11 heteroatoms. The van der Waals surface area contributed by atoms with Crippen molar-refractivity contribution < 1.29 is 23.1 Å². The molecule has 2 saturated carbocycles. The summed E-state index contributed by atoms with van der Waals surface area (Å²) in [5.41, 5.74) is 7.33. The van der Waals surface area contributed by atoms with E-state index in [0.717, 1.165) is 65.8 Å². The Hall–Kier alpha value is -5.03. The van der Waals surface area contributed by atoms with Crippen LogP contribution in [0.2, 0.25) is 0 Å². The van der Waals surface area contributed by atoms with E-state index in [2.05, 4.69) is 26.7 Å². The number of nitrogens with one attached hydrogen (secondary N) is 4. The van der Waals surface area contributed by atoms with Crippen molar-refractivity contribution in [2.24, 2.45) is 17.3 Å². The molecular formula is C43H44F2N6O3. The summed E-state index contributed by atoms with van der Waals surface area (Å²) in [4.78, 5) is 40.0. The molecule has 2 aliphatic heterocycles. The first-order chi connectivity index (χ1) is 26.0. The van der Waals surface area contributed by atoms with Crippen LogP contribution in [0, 0.1) is 17.3 Å². The first-order valence-corrected chi connectivity index (χ1v) is 19.3. The highest BCUT2D eigenvalue weighted by Crippen LogP contribution is 2.56. The number of carbonyl (C=O) groups is 2. The summed E-state index contributed by atoms with van der Waals surface area (Å²) in [5, 5.41) is 6.38. The number of piperidine rings is 1. The standard InChI is InChI=1S/C43H44F2N6O3/c1-22(2)37(50-41(53)54-3)40(52)51-27-8-4-26(16-27)38(51)39-48-33-11-7-24(19-35(33)49-39)23-5-9-28-29-10-6-25(18-31(29)43(44,45)30(28)17-23)32-12-13-34(47-32)36-20-42(14-15-42)21-46-36/h5-7,9-13,17-19,22,26-27,36-38,46-47H,4,8,14-16,20-21H2,1-3H3,(H,48,49)(H,50,53). The fourth-order valence-corrected chi connectivity index (χ4v) is 9.91. The zero-order chi connectivity index (χ0) is 37.1. The zero-order valence-corrected chi connectivity index (χ0v) is 30.6. The minimum atomic E-state index is -3.16. The number of aromatic nitrogens is 3. The quantitative estimate of drug-likeness (QED) is 0.134. The molecule has 278 valence electrons. The highest BCUT2D eigenvalue weighted by molar-refractivity contribution is 5.88. The molecule has 4 fully saturated rings. The molecule has 5 unspecified atom stereocenters. The molecule has 2 amide bonds. The number of methoxy groups -OCH3 is 1. The number of fused-ring (bicyclic) bond motifs is 6. The molecule has 5 aliphatic rings. The number of imidazole rings is 1. The van der Waals surface area contributed by atoms with Crippen molar-refractivity contribution >= 4 is 23.0 Å². The summed E-state index contributed by atoms with van der Waals surface area (Å²) < 4.78 is 37.6. The third-order valence-corrected chi connectivity index (χ3v) is 13.1. The van der Waals surface area contributed by atoms with Gasteiger partial charge in [-0.05, 0) is 120 Å². The number of alkyl carbamates (subject to hydrolysis) is 1. The van der Waals surface area contributed by atoms with E-state index >= 15 is 8.78 Å². The maximum atomic E-state index is 16.4. The van der Waals surface area contributed by atoms with Gasteiger partial charge in [0.2, 0.25) is 5.91 Å². The minimum absolute atomic E-state index is 0.00557. The second-order valence-electron chi connectivity index (χ2n) is 16.7. The Balaban J connectivity index is 0.921. The van der Waals surface area contributed by atoms with Crippen LogP contribution in [0.5, 0.6) is 0 Å². The third kappa shape index (κ3) is 5.21. The molecule has 54 heavy (non-hydrogen) atoms. The molecule has 4 heterocycles. The van der Waals surface area contributed by atoms with Crippen molar-refractivity contribution in [1.29, 1.82) is 0 Å². The smallest absolute Gasteiger partial charge is 0.407 e. The van der Waals surface area contributed by atoms with Gasteiger partial charge in [-0.2, -0.15) is 8.78 Å². The number of aromatic amines is 2. The highest BCUT2D eigenvalue weighted by atomic mass is 19.3. The number of carbonyl (C=O) groups excluding carboxylic acids is 2. The molecule has 1 spiro atoms. The lowest BCUT2D eigenvalue weighted by molar-refractivity contribution is -0.139. The number of ether oxygens (including phenoxy) is 1. The van der Waals surface area contributed by atoms with Gasteiger partial charge in [0.1, 0.15) is 11.9 Å². The van der Waals surface area contributed by atoms with E-state index in [1.54, 1.807) is 12.1 Å². The third-order valence-electron chi connectivity index (χ3n) is 13.1. The summed E-state index contributed by atoms with van der Waals surface area (Å²) >= 11 is 0. The number of amides is 2. The number of likely N-dealkylation sites (tertiary alicyclic amines) is 1. The molecule has 4 N–H and O–H groups in total. The van der Waals surface area contributed by atoms with Crippen molar-refractivity contribution in [1.82, 2.24) is 30.5 Å². The van der Waals surface area contributed by atoms with Gasteiger partial charge >= 0.3 is 6.09 Å². The molecule has 2 bridgehead atoms. The van der Waals surface area contributed by atoms with Crippen LogP contribution in [0.4, 0.5) is 13.6 Å². The Bertz CT molecular complexity index is 2340. The molecule has 10 rings (SSSR count). The van der Waals surface area contributed by atoms with Gasteiger partial charge in [0, 0.05) is 41.1 Å². The van der Waals surface area contributed by atoms with Crippen LogP contribution in [0.3, 0.4) is 0 Å². The predicted molar refractivity (Wildman–Crippen MR) is 202 cm³/mol. The normalized spacial score (nSPS) is 24.7. The molecule has 5 aromatic rings. The van der Waals surface area contributed by atoms with Crippen LogP contribution in [0.15, 0.2) is 66.7 Å². The van der Waals surface area contributed by atoms with E-state index in [1.807, 2.05) is 67.3 Å². The fraction of sp³-hybridized carbons (Fsp3) is 0.419. The summed E-state index contributed by atoms with van der Waals surface area (Å²) in [6.07, 6.45) is 5.86. The number of benzene rings is 3. The SMILES string of the molecule is COC(=O)NC(C(=O)N1C2CCC(C2)C1c1nc2ccc(-c3ccc4c(c3)C(F)(F)c3cc(-c5ccc(C6CC7(CC7)CN6)[nH]5)ccc3-4)cc2[nH]1)C(C)C. The Kier molecular flexibility index (Phi) is 7.44. The monoisotopic (exact) mass is 730 g/mol. The maximum absolute atomic E-state index is 16.4. The Morgan fingerprint density at radius 2 is 1.65 bits per heavy atom. The van der Waals surface area contributed by atoms with E-state index in [0.29, 0.717) is 27.9 Å². The zero-order valence-electron chi connectivity index (χ0n) is 30.6. The van der Waals surface area contributed by atoms with Crippen LogP contribution in [0.1, 0.15) is 87.1 Å². The van der Waals surface area contributed by atoms with Crippen LogP contribution < -0.4 is 10.6 Å². The summed E-state index contributed by atoms with van der Waals surface area (Å²) in [6.45, 7) is 4.86. The van der Waals surface area contributed by atoms with Gasteiger partial charge < -0.3 is 30.2 Å².